The lowest BCUT2D eigenvalue weighted by molar-refractivity contribution is -0.144. The van der Waals surface area contributed by atoms with E-state index in [1.54, 1.807) is 25.1 Å². The summed E-state index contributed by atoms with van der Waals surface area (Å²) in [5.41, 5.74) is 1.01. The van der Waals surface area contributed by atoms with E-state index in [0.717, 1.165) is 23.8 Å². The molecule has 0 fully saturated rings. The van der Waals surface area contributed by atoms with Gasteiger partial charge in [0.05, 0.1) is 11.7 Å². The molecule has 7 heteroatoms. The molecule has 0 N–H and O–H groups in total. The van der Waals surface area contributed by atoms with E-state index in [0.29, 0.717) is 18.1 Å². The molecule has 0 aliphatic carbocycles. The lowest BCUT2D eigenvalue weighted by Gasteiger charge is -2.38. The maximum Gasteiger partial charge on any atom is 0.251 e. The zero-order valence-electron chi connectivity index (χ0n) is 20.0. The first-order valence-corrected chi connectivity index (χ1v) is 10.9. The maximum absolute atomic E-state index is 14.6. The van der Waals surface area contributed by atoms with Crippen LogP contribution in [0.2, 0.25) is 0 Å². The number of carbonyl (C=O) groups excluding carboxylic acids is 1. The van der Waals surface area contributed by atoms with Gasteiger partial charge in [-0.2, -0.15) is 0 Å². The quantitative estimate of drug-likeness (QED) is 0.476. The fourth-order valence-electron chi connectivity index (χ4n) is 4.04. The molecule has 3 aromatic rings. The van der Waals surface area contributed by atoms with E-state index in [1.807, 2.05) is 55.7 Å². The van der Waals surface area contributed by atoms with E-state index in [4.69, 9.17) is 9.72 Å². The lowest BCUT2D eigenvalue weighted by atomic mass is 9.84. The van der Waals surface area contributed by atoms with Crippen molar-refractivity contribution in [1.29, 1.82) is 0 Å². The second kappa shape index (κ2) is 9.83. The minimum absolute atomic E-state index is 0.0787. The summed E-state index contributed by atoms with van der Waals surface area (Å²) in [6, 6.07) is 12.7. The van der Waals surface area contributed by atoms with Crippen LogP contribution in [0.4, 0.5) is 8.78 Å². The number of halogens is 2. The Labute approximate surface area is 194 Å². The molecule has 0 aliphatic heterocycles. The SMILES string of the molecule is COC(C)C(=O)N(C)[C@@H](c1nc(-c2cc(F)ccc2F)cn1Cc1ccccc1)C(C)(C)C. The van der Waals surface area contributed by atoms with Crippen LogP contribution >= 0.6 is 0 Å². The van der Waals surface area contributed by atoms with E-state index in [-0.39, 0.29) is 11.5 Å². The van der Waals surface area contributed by atoms with Crippen LogP contribution < -0.4 is 0 Å². The number of ether oxygens (including phenoxy) is 1. The third-order valence-corrected chi connectivity index (χ3v) is 5.71. The summed E-state index contributed by atoms with van der Waals surface area (Å²) in [6.07, 6.45) is 1.09. The Morgan fingerprint density at radius 1 is 1.15 bits per heavy atom. The second-order valence-corrected chi connectivity index (χ2v) is 9.32. The average Bonchev–Trinajstić information content (AvgIpc) is 3.16. The van der Waals surface area contributed by atoms with Crippen molar-refractivity contribution >= 4 is 5.91 Å². The fraction of sp³-hybridized carbons (Fsp3) is 0.385. The van der Waals surface area contributed by atoms with E-state index in [2.05, 4.69) is 0 Å². The Morgan fingerprint density at radius 2 is 1.82 bits per heavy atom. The number of imidazole rings is 1. The second-order valence-electron chi connectivity index (χ2n) is 9.32. The summed E-state index contributed by atoms with van der Waals surface area (Å²) in [4.78, 5) is 19.4. The lowest BCUT2D eigenvalue weighted by Crippen LogP contribution is -2.44. The van der Waals surface area contributed by atoms with Crippen molar-refractivity contribution < 1.29 is 18.3 Å². The van der Waals surface area contributed by atoms with Crippen LogP contribution in [0.3, 0.4) is 0 Å². The first-order valence-electron chi connectivity index (χ1n) is 10.9. The van der Waals surface area contributed by atoms with Gasteiger partial charge in [0.25, 0.3) is 5.91 Å². The number of amides is 1. The van der Waals surface area contributed by atoms with Crippen LogP contribution in [0, 0.1) is 17.0 Å². The summed E-state index contributed by atoms with van der Waals surface area (Å²) in [6.45, 7) is 8.21. The van der Waals surface area contributed by atoms with Crippen molar-refractivity contribution in [2.75, 3.05) is 14.2 Å². The molecule has 0 aliphatic rings. The molecule has 176 valence electrons. The minimum atomic E-state index is -0.627. The number of aromatic nitrogens is 2. The number of methoxy groups -OCH3 is 1. The number of likely N-dealkylation sites (N-methyl/N-ethyl adjacent to an activating group) is 1. The van der Waals surface area contributed by atoms with Crippen molar-refractivity contribution in [3.63, 3.8) is 0 Å². The van der Waals surface area contributed by atoms with Gasteiger partial charge in [0.15, 0.2) is 0 Å². The molecule has 2 aromatic carbocycles. The van der Waals surface area contributed by atoms with Crippen molar-refractivity contribution in [1.82, 2.24) is 14.5 Å². The van der Waals surface area contributed by atoms with Crippen LogP contribution in [0.15, 0.2) is 54.7 Å². The Bertz CT molecular complexity index is 1110. The third-order valence-electron chi connectivity index (χ3n) is 5.71. The van der Waals surface area contributed by atoms with Gasteiger partial charge in [0.1, 0.15) is 23.6 Å². The van der Waals surface area contributed by atoms with Crippen LogP contribution in [-0.2, 0) is 16.1 Å². The molecule has 0 radical (unpaired) electrons. The van der Waals surface area contributed by atoms with Gasteiger partial charge in [0, 0.05) is 32.5 Å². The summed E-state index contributed by atoms with van der Waals surface area (Å²) in [5.74, 6) is -0.703. The third kappa shape index (κ3) is 5.47. The molecular weight excluding hydrogens is 424 g/mol. The van der Waals surface area contributed by atoms with Crippen molar-refractivity contribution in [2.45, 2.75) is 46.4 Å². The average molecular weight is 456 g/mol. The summed E-state index contributed by atoms with van der Waals surface area (Å²) < 4.78 is 35.7. The molecule has 5 nitrogen and oxygen atoms in total. The van der Waals surface area contributed by atoms with E-state index in [1.165, 1.54) is 7.11 Å². The standard InChI is InChI=1S/C26H31F2N3O2/c1-17(33-6)25(32)30(5)23(26(2,3)4)24-29-22(20-14-19(27)12-13-21(20)28)16-31(24)15-18-10-8-7-9-11-18/h7-14,16-17,23H,15H2,1-6H3/t17?,23-/m0/s1. The van der Waals surface area contributed by atoms with Crippen molar-refractivity contribution in [3.05, 3.63) is 77.8 Å². The van der Waals surface area contributed by atoms with E-state index < -0.39 is 29.2 Å². The fourth-order valence-corrected chi connectivity index (χ4v) is 4.04. The number of hydrogen-bond donors (Lipinski definition) is 0. The largest absolute Gasteiger partial charge is 0.372 e. The Kier molecular flexibility index (Phi) is 7.32. The van der Waals surface area contributed by atoms with E-state index >= 15 is 0 Å². The van der Waals surface area contributed by atoms with Gasteiger partial charge in [0.2, 0.25) is 0 Å². The van der Waals surface area contributed by atoms with Crippen LogP contribution in [0.1, 0.15) is 45.1 Å². The molecule has 0 saturated carbocycles. The van der Waals surface area contributed by atoms with Gasteiger partial charge in [-0.15, -0.1) is 0 Å². The predicted octanol–water partition coefficient (Wildman–Crippen LogP) is 5.46. The first kappa shape index (κ1) is 24.6. The molecule has 3 rings (SSSR count). The molecular formula is C26H31F2N3O2. The highest BCUT2D eigenvalue weighted by molar-refractivity contribution is 5.80. The van der Waals surface area contributed by atoms with Gasteiger partial charge in [-0.05, 0) is 36.1 Å². The number of carbonyl (C=O) groups is 1. The van der Waals surface area contributed by atoms with Crippen LogP contribution in [-0.4, -0.2) is 40.6 Å². The summed E-state index contributed by atoms with van der Waals surface area (Å²) in [7, 11) is 3.21. The molecule has 0 saturated heterocycles. The topological polar surface area (TPSA) is 47.4 Å². The van der Waals surface area contributed by atoms with Gasteiger partial charge in [-0.1, -0.05) is 51.1 Å². The monoisotopic (exact) mass is 455 g/mol. The molecule has 1 amide bonds. The van der Waals surface area contributed by atoms with Gasteiger partial charge in [-0.25, -0.2) is 13.8 Å². The number of nitrogens with zero attached hydrogens (tertiary/aromatic N) is 3. The Morgan fingerprint density at radius 3 is 2.42 bits per heavy atom. The van der Waals surface area contributed by atoms with Crippen LogP contribution in [0.25, 0.3) is 11.3 Å². The highest BCUT2D eigenvalue weighted by atomic mass is 19.1. The Hall–Kier alpha value is -3.06. The molecule has 33 heavy (non-hydrogen) atoms. The number of hydrogen-bond acceptors (Lipinski definition) is 3. The van der Waals surface area contributed by atoms with Crippen molar-refractivity contribution in [3.8, 4) is 11.3 Å². The minimum Gasteiger partial charge on any atom is -0.372 e. The molecule has 2 atom stereocenters. The predicted molar refractivity (Wildman–Crippen MR) is 125 cm³/mol. The molecule has 1 unspecified atom stereocenters. The highest BCUT2D eigenvalue weighted by Crippen LogP contribution is 2.39. The number of rotatable bonds is 7. The molecule has 0 spiro atoms. The molecule has 0 bridgehead atoms. The smallest absolute Gasteiger partial charge is 0.251 e. The summed E-state index contributed by atoms with van der Waals surface area (Å²) in [5, 5.41) is 0. The highest BCUT2D eigenvalue weighted by Gasteiger charge is 2.37. The summed E-state index contributed by atoms with van der Waals surface area (Å²) >= 11 is 0. The molecule has 1 heterocycles. The maximum atomic E-state index is 14.6. The van der Waals surface area contributed by atoms with Gasteiger partial charge in [-0.3, -0.25) is 4.79 Å². The van der Waals surface area contributed by atoms with Crippen molar-refractivity contribution in [2.24, 2.45) is 5.41 Å². The molecule has 1 aromatic heterocycles. The van der Waals surface area contributed by atoms with Gasteiger partial charge >= 0.3 is 0 Å². The van der Waals surface area contributed by atoms with Gasteiger partial charge < -0.3 is 14.2 Å². The van der Waals surface area contributed by atoms with E-state index in [9.17, 15) is 13.6 Å². The first-order chi connectivity index (χ1) is 15.5. The number of benzene rings is 2. The van der Waals surface area contributed by atoms with Crippen LogP contribution in [0.5, 0.6) is 0 Å². The normalized spacial score (nSPS) is 13.6. The zero-order chi connectivity index (χ0) is 24.3. The zero-order valence-corrected chi connectivity index (χ0v) is 20.0. The Balaban J connectivity index is 2.18.